The summed E-state index contributed by atoms with van der Waals surface area (Å²) in [6.07, 6.45) is -8.95. The van der Waals surface area contributed by atoms with Crippen LogP contribution in [0.15, 0.2) is 48.5 Å². The fraction of sp³-hybridized carbons (Fsp3) is 0.133. The number of benzene rings is 2. The van der Waals surface area contributed by atoms with Crippen LogP contribution in [0.3, 0.4) is 0 Å². The summed E-state index contributed by atoms with van der Waals surface area (Å²) in [7, 11) is 0. The molecule has 1 nitrogen and oxygen atoms in total. The minimum atomic E-state index is -4.48. The number of halogens is 6. The van der Waals surface area contributed by atoms with Crippen LogP contribution in [-0.4, -0.2) is 5.71 Å². The van der Waals surface area contributed by atoms with E-state index in [1.165, 1.54) is 0 Å². The first kappa shape index (κ1) is 16.1. The summed E-state index contributed by atoms with van der Waals surface area (Å²) in [5, 5.41) is 7.86. The number of rotatable bonds is 2. The number of hydrogen-bond acceptors (Lipinski definition) is 1. The molecule has 7 heteroatoms. The maximum atomic E-state index is 12.4. The van der Waals surface area contributed by atoms with Crippen molar-refractivity contribution in [1.82, 2.24) is 0 Å². The highest BCUT2D eigenvalue weighted by Gasteiger charge is 2.31. The first-order valence-corrected chi connectivity index (χ1v) is 6.03. The molecule has 0 amide bonds. The molecule has 0 saturated heterocycles. The van der Waals surface area contributed by atoms with Gasteiger partial charge in [-0.3, -0.25) is 5.41 Å². The highest BCUT2D eigenvalue weighted by atomic mass is 19.4. The third-order valence-electron chi connectivity index (χ3n) is 3.00. The maximum absolute atomic E-state index is 12.4. The van der Waals surface area contributed by atoms with Crippen molar-refractivity contribution < 1.29 is 26.3 Å². The van der Waals surface area contributed by atoms with Crippen LogP contribution in [0.4, 0.5) is 26.3 Å². The van der Waals surface area contributed by atoms with E-state index in [2.05, 4.69) is 0 Å². The Hall–Kier alpha value is -2.31. The predicted molar refractivity (Wildman–Crippen MR) is 68.8 cm³/mol. The van der Waals surface area contributed by atoms with Gasteiger partial charge < -0.3 is 0 Å². The van der Waals surface area contributed by atoms with Gasteiger partial charge in [-0.15, -0.1) is 0 Å². The van der Waals surface area contributed by atoms with E-state index in [-0.39, 0.29) is 16.8 Å². The van der Waals surface area contributed by atoms with Crippen LogP contribution in [0.2, 0.25) is 0 Å². The Morgan fingerprint density at radius 2 is 0.864 bits per heavy atom. The third kappa shape index (κ3) is 3.47. The largest absolute Gasteiger partial charge is 0.416 e. The number of alkyl halides is 6. The molecular formula is C15H9F6N. The highest BCUT2D eigenvalue weighted by molar-refractivity contribution is 6.10. The van der Waals surface area contributed by atoms with E-state index in [9.17, 15) is 26.3 Å². The summed E-state index contributed by atoms with van der Waals surface area (Å²) < 4.78 is 74.6. The van der Waals surface area contributed by atoms with Gasteiger partial charge in [0.1, 0.15) is 0 Å². The molecule has 0 radical (unpaired) electrons. The van der Waals surface area contributed by atoms with Gasteiger partial charge in [-0.25, -0.2) is 0 Å². The average Bonchev–Trinajstić information content (AvgIpc) is 2.45. The highest BCUT2D eigenvalue weighted by Crippen LogP contribution is 2.30. The fourth-order valence-electron chi connectivity index (χ4n) is 1.82. The molecule has 0 aliphatic rings. The van der Waals surface area contributed by atoms with Crippen LogP contribution in [0, 0.1) is 5.41 Å². The zero-order valence-electron chi connectivity index (χ0n) is 10.9. The van der Waals surface area contributed by atoms with Crippen molar-refractivity contribution in [3.63, 3.8) is 0 Å². The fourth-order valence-corrected chi connectivity index (χ4v) is 1.82. The molecule has 0 heterocycles. The van der Waals surface area contributed by atoms with Gasteiger partial charge in [0, 0.05) is 11.1 Å². The quantitative estimate of drug-likeness (QED) is 0.586. The third-order valence-corrected chi connectivity index (χ3v) is 3.00. The second-order valence-electron chi connectivity index (χ2n) is 4.53. The monoisotopic (exact) mass is 317 g/mol. The molecule has 0 aromatic heterocycles. The van der Waals surface area contributed by atoms with Crippen molar-refractivity contribution in [2.45, 2.75) is 12.4 Å². The minimum absolute atomic E-state index is 0.151. The molecular weight excluding hydrogens is 308 g/mol. The Labute approximate surface area is 121 Å². The van der Waals surface area contributed by atoms with Gasteiger partial charge in [0.05, 0.1) is 16.8 Å². The molecule has 2 aromatic rings. The minimum Gasteiger partial charge on any atom is -0.300 e. The summed E-state index contributed by atoms with van der Waals surface area (Å²) in [6.45, 7) is 0. The maximum Gasteiger partial charge on any atom is 0.416 e. The zero-order valence-corrected chi connectivity index (χ0v) is 10.9. The Bertz CT molecular complexity index is 606. The Balaban J connectivity index is 2.25. The summed E-state index contributed by atoms with van der Waals surface area (Å²) in [6, 6.07) is 7.77. The lowest BCUT2D eigenvalue weighted by molar-refractivity contribution is -0.138. The van der Waals surface area contributed by atoms with E-state index in [1.807, 2.05) is 0 Å². The lowest BCUT2D eigenvalue weighted by Gasteiger charge is -2.10. The molecule has 116 valence electrons. The van der Waals surface area contributed by atoms with Gasteiger partial charge in [-0.2, -0.15) is 26.3 Å². The van der Waals surface area contributed by atoms with Gasteiger partial charge in [0.25, 0.3) is 0 Å². The van der Waals surface area contributed by atoms with Crippen LogP contribution >= 0.6 is 0 Å². The number of nitrogens with one attached hydrogen (secondary N) is 1. The van der Waals surface area contributed by atoms with Crippen molar-refractivity contribution in [3.8, 4) is 0 Å². The van der Waals surface area contributed by atoms with E-state index < -0.39 is 23.5 Å². The molecule has 0 aliphatic heterocycles. The van der Waals surface area contributed by atoms with E-state index in [0.29, 0.717) is 0 Å². The van der Waals surface area contributed by atoms with Crippen molar-refractivity contribution in [1.29, 1.82) is 5.41 Å². The van der Waals surface area contributed by atoms with E-state index in [1.54, 1.807) is 0 Å². The van der Waals surface area contributed by atoms with E-state index in [4.69, 9.17) is 5.41 Å². The SMILES string of the molecule is N=C(c1ccc(C(F)(F)F)cc1)c1ccc(C(F)(F)F)cc1. The summed E-state index contributed by atoms with van der Waals surface area (Å²) in [5.41, 5.74) is -1.48. The van der Waals surface area contributed by atoms with Gasteiger partial charge in [0.15, 0.2) is 0 Å². The van der Waals surface area contributed by atoms with E-state index >= 15 is 0 Å². The van der Waals surface area contributed by atoms with E-state index in [0.717, 1.165) is 48.5 Å². The molecule has 1 N–H and O–H groups in total. The second kappa shape index (κ2) is 5.47. The molecule has 0 fully saturated rings. The van der Waals surface area contributed by atoms with Crippen LogP contribution in [-0.2, 0) is 12.4 Å². The average molecular weight is 317 g/mol. The molecule has 0 saturated carbocycles. The normalized spacial score (nSPS) is 12.3. The first-order valence-electron chi connectivity index (χ1n) is 6.03. The van der Waals surface area contributed by atoms with Crippen LogP contribution < -0.4 is 0 Å². The molecule has 0 unspecified atom stereocenters. The van der Waals surface area contributed by atoms with Crippen LogP contribution in [0.1, 0.15) is 22.3 Å². The summed E-state index contributed by atoms with van der Waals surface area (Å²) in [4.78, 5) is 0. The van der Waals surface area contributed by atoms with Crippen molar-refractivity contribution in [2.75, 3.05) is 0 Å². The Kier molecular flexibility index (Phi) is 4.00. The van der Waals surface area contributed by atoms with Crippen molar-refractivity contribution in [2.24, 2.45) is 0 Å². The molecule has 2 aromatic carbocycles. The topological polar surface area (TPSA) is 23.9 Å². The molecule has 0 bridgehead atoms. The second-order valence-corrected chi connectivity index (χ2v) is 4.53. The van der Waals surface area contributed by atoms with Gasteiger partial charge >= 0.3 is 12.4 Å². The van der Waals surface area contributed by atoms with Crippen molar-refractivity contribution >= 4 is 5.71 Å². The predicted octanol–water partition coefficient (Wildman–Crippen LogP) is 5.14. The van der Waals surface area contributed by atoms with Crippen molar-refractivity contribution in [3.05, 3.63) is 70.8 Å². The van der Waals surface area contributed by atoms with Crippen LogP contribution in [0.5, 0.6) is 0 Å². The molecule has 22 heavy (non-hydrogen) atoms. The molecule has 0 atom stereocenters. The lowest BCUT2D eigenvalue weighted by atomic mass is 10.00. The molecule has 2 rings (SSSR count). The van der Waals surface area contributed by atoms with Gasteiger partial charge in [-0.1, -0.05) is 24.3 Å². The first-order chi connectivity index (χ1) is 10.1. The number of hydrogen-bond donors (Lipinski definition) is 1. The standard InChI is InChI=1S/C15H9F6N/c16-14(17,18)11-5-1-9(2-6-11)13(22)10-3-7-12(8-4-10)15(19,20)21/h1-8,22H. The molecule has 0 aliphatic carbocycles. The van der Waals surface area contributed by atoms with Gasteiger partial charge in [-0.05, 0) is 24.3 Å². The summed E-state index contributed by atoms with van der Waals surface area (Å²) >= 11 is 0. The lowest BCUT2D eigenvalue weighted by Crippen LogP contribution is -2.08. The Morgan fingerprint density at radius 1 is 0.591 bits per heavy atom. The van der Waals surface area contributed by atoms with Crippen LogP contribution in [0.25, 0.3) is 0 Å². The molecule has 0 spiro atoms. The zero-order chi connectivity index (χ0) is 16.5. The van der Waals surface area contributed by atoms with Gasteiger partial charge in [0.2, 0.25) is 0 Å². The Morgan fingerprint density at radius 3 is 1.09 bits per heavy atom. The smallest absolute Gasteiger partial charge is 0.300 e. The summed E-state index contributed by atoms with van der Waals surface area (Å²) in [5.74, 6) is 0.